The smallest absolute Gasteiger partial charge is 0.216 e. The zero-order valence-corrected chi connectivity index (χ0v) is 16.9. The van der Waals surface area contributed by atoms with Crippen LogP contribution in [0, 0.1) is 0 Å². The van der Waals surface area contributed by atoms with E-state index in [-0.39, 0.29) is 5.75 Å². The van der Waals surface area contributed by atoms with E-state index in [2.05, 4.69) is 25.1 Å². The number of hydrogen-bond donors (Lipinski definition) is 1. The molecular weight excluding hydrogens is 364 g/mol. The maximum absolute atomic E-state index is 12.7. The van der Waals surface area contributed by atoms with E-state index in [0.717, 1.165) is 31.4 Å². The van der Waals surface area contributed by atoms with Crippen molar-refractivity contribution < 1.29 is 8.42 Å². The average molecular weight is 395 g/mol. The topological polar surface area (TPSA) is 81.1 Å². The Morgan fingerprint density at radius 1 is 1.15 bits per heavy atom. The van der Waals surface area contributed by atoms with Crippen molar-refractivity contribution >= 4 is 21.8 Å². The zero-order valence-electron chi connectivity index (χ0n) is 16.0. The van der Waals surface area contributed by atoms with Crippen LogP contribution in [0.3, 0.4) is 0 Å². The Balaban J connectivity index is 1.52. The Morgan fingerprint density at radius 3 is 2.52 bits per heavy atom. The van der Waals surface area contributed by atoms with E-state index in [1.807, 2.05) is 25.1 Å². The number of nitrogens with one attached hydrogen (secondary N) is 1. The Labute approximate surface area is 162 Å². The summed E-state index contributed by atoms with van der Waals surface area (Å²) in [5.74, 6) is 1.80. The van der Waals surface area contributed by atoms with Gasteiger partial charge in [-0.3, -0.25) is 4.99 Å². The molecule has 27 heavy (non-hydrogen) atoms. The summed E-state index contributed by atoms with van der Waals surface area (Å²) >= 11 is 0. The van der Waals surface area contributed by atoms with Gasteiger partial charge in [-0.15, -0.1) is 0 Å². The molecule has 2 saturated heterocycles. The summed E-state index contributed by atoms with van der Waals surface area (Å²) < 4.78 is 26.9. The van der Waals surface area contributed by atoms with Crippen LogP contribution in [0.2, 0.25) is 0 Å². The summed E-state index contributed by atoms with van der Waals surface area (Å²) in [6, 6.07) is 5.79. The van der Waals surface area contributed by atoms with E-state index < -0.39 is 10.0 Å². The first kappa shape index (κ1) is 19.9. The van der Waals surface area contributed by atoms with E-state index >= 15 is 0 Å². The molecule has 0 atom stereocenters. The Morgan fingerprint density at radius 2 is 1.89 bits per heavy atom. The normalized spacial score (nSPS) is 19.5. The number of aliphatic imine (C=N–C) groups is 1. The first-order valence-corrected chi connectivity index (χ1v) is 11.4. The molecule has 0 aromatic carbocycles. The number of nitrogens with zero attached hydrogens (tertiary/aromatic N) is 5. The minimum absolute atomic E-state index is 0.0549. The number of guanidine groups is 1. The second-order valence-corrected chi connectivity index (χ2v) is 8.91. The molecular formula is C18H30N6O2S. The first-order valence-electron chi connectivity index (χ1n) is 9.77. The van der Waals surface area contributed by atoms with Crippen molar-refractivity contribution in [1.82, 2.24) is 19.5 Å². The largest absolute Gasteiger partial charge is 0.357 e. The highest BCUT2D eigenvalue weighted by Gasteiger charge is 2.27. The summed E-state index contributed by atoms with van der Waals surface area (Å²) in [6.45, 7) is 7.42. The molecule has 0 aliphatic carbocycles. The van der Waals surface area contributed by atoms with E-state index in [0.29, 0.717) is 32.7 Å². The fraction of sp³-hybridized carbons (Fsp3) is 0.667. The van der Waals surface area contributed by atoms with Crippen molar-refractivity contribution in [1.29, 1.82) is 0 Å². The molecule has 1 aromatic rings. The molecule has 1 aromatic heterocycles. The van der Waals surface area contributed by atoms with Gasteiger partial charge in [0.25, 0.3) is 0 Å². The van der Waals surface area contributed by atoms with Gasteiger partial charge in [0.05, 0.1) is 12.3 Å². The van der Waals surface area contributed by atoms with Crippen molar-refractivity contribution in [2.45, 2.75) is 19.8 Å². The lowest BCUT2D eigenvalue weighted by Crippen LogP contribution is -2.49. The minimum Gasteiger partial charge on any atom is -0.357 e. The summed E-state index contributed by atoms with van der Waals surface area (Å²) in [4.78, 5) is 13.2. The quantitative estimate of drug-likeness (QED) is 0.562. The Hall–Kier alpha value is -1.87. The minimum atomic E-state index is -3.29. The van der Waals surface area contributed by atoms with Crippen molar-refractivity contribution in [3.63, 3.8) is 0 Å². The molecule has 0 saturated carbocycles. The van der Waals surface area contributed by atoms with Crippen LogP contribution >= 0.6 is 0 Å². The molecule has 0 spiro atoms. The van der Waals surface area contributed by atoms with Crippen molar-refractivity contribution in [3.05, 3.63) is 24.4 Å². The number of aromatic nitrogens is 1. The van der Waals surface area contributed by atoms with Crippen molar-refractivity contribution in [2.75, 3.05) is 63.0 Å². The van der Waals surface area contributed by atoms with Crippen LogP contribution in [0.1, 0.15) is 19.8 Å². The molecule has 8 nitrogen and oxygen atoms in total. The van der Waals surface area contributed by atoms with Gasteiger partial charge in [-0.2, -0.15) is 4.31 Å². The van der Waals surface area contributed by atoms with Gasteiger partial charge in [0.2, 0.25) is 10.0 Å². The number of pyridine rings is 1. The molecule has 9 heteroatoms. The molecule has 0 radical (unpaired) electrons. The maximum Gasteiger partial charge on any atom is 0.216 e. The van der Waals surface area contributed by atoms with Gasteiger partial charge in [0.15, 0.2) is 5.96 Å². The highest BCUT2D eigenvalue weighted by atomic mass is 32.2. The number of piperazine rings is 1. The molecule has 2 aliphatic heterocycles. The standard InChI is InChI=1S/C18H30N6O2S/c1-2-19-18(23-10-5-6-11-23)21-9-16-27(25,26)24-14-12-22(13-15-24)17-7-3-4-8-20-17/h3-4,7-8H,2,5-6,9-16H2,1H3,(H,19,21). The van der Waals surface area contributed by atoms with E-state index in [1.165, 1.54) is 12.8 Å². The van der Waals surface area contributed by atoms with Crippen LogP contribution in [0.4, 0.5) is 5.82 Å². The fourth-order valence-corrected chi connectivity index (χ4v) is 4.79. The second-order valence-electron chi connectivity index (χ2n) is 6.82. The SMILES string of the molecule is CCNC(=NCCS(=O)(=O)N1CCN(c2ccccn2)CC1)N1CCCC1. The predicted octanol–water partition coefficient (Wildman–Crippen LogP) is 0.595. The first-order chi connectivity index (χ1) is 13.1. The monoisotopic (exact) mass is 394 g/mol. The van der Waals surface area contributed by atoms with Crippen LogP contribution in [0.5, 0.6) is 0 Å². The summed E-state index contributed by atoms with van der Waals surface area (Å²) in [5.41, 5.74) is 0. The molecule has 0 bridgehead atoms. The zero-order chi connectivity index (χ0) is 19.1. The van der Waals surface area contributed by atoms with Crippen LogP contribution < -0.4 is 10.2 Å². The maximum atomic E-state index is 12.7. The molecule has 150 valence electrons. The molecule has 3 heterocycles. The molecule has 0 unspecified atom stereocenters. The van der Waals surface area contributed by atoms with Gasteiger partial charge in [0.1, 0.15) is 5.82 Å². The van der Waals surface area contributed by atoms with Crippen molar-refractivity contribution in [3.8, 4) is 0 Å². The van der Waals surface area contributed by atoms with Crippen LogP contribution in [-0.2, 0) is 10.0 Å². The summed E-state index contributed by atoms with van der Waals surface area (Å²) in [6.07, 6.45) is 4.10. The highest BCUT2D eigenvalue weighted by Crippen LogP contribution is 2.15. The van der Waals surface area contributed by atoms with Crippen molar-refractivity contribution in [2.24, 2.45) is 4.99 Å². The Bertz CT molecular complexity index is 711. The number of sulfonamides is 1. The summed E-state index contributed by atoms with van der Waals surface area (Å²) in [7, 11) is -3.29. The number of likely N-dealkylation sites (tertiary alicyclic amines) is 1. The second kappa shape index (κ2) is 9.36. The molecule has 0 amide bonds. The number of anilines is 1. The van der Waals surface area contributed by atoms with E-state index in [9.17, 15) is 8.42 Å². The van der Waals surface area contributed by atoms with Gasteiger partial charge >= 0.3 is 0 Å². The lowest BCUT2D eigenvalue weighted by atomic mass is 10.3. The van der Waals surface area contributed by atoms with Gasteiger partial charge < -0.3 is 15.1 Å². The van der Waals surface area contributed by atoms with Crippen LogP contribution in [0.25, 0.3) is 0 Å². The summed E-state index contributed by atoms with van der Waals surface area (Å²) in [5, 5.41) is 3.27. The van der Waals surface area contributed by atoms with Gasteiger partial charge in [-0.1, -0.05) is 6.07 Å². The third kappa shape index (κ3) is 5.32. The van der Waals surface area contributed by atoms with Gasteiger partial charge in [-0.05, 0) is 31.9 Å². The fourth-order valence-electron chi connectivity index (χ4n) is 3.49. The van der Waals surface area contributed by atoms with Gasteiger partial charge in [-0.25, -0.2) is 13.4 Å². The molecule has 3 rings (SSSR count). The highest BCUT2D eigenvalue weighted by molar-refractivity contribution is 7.89. The van der Waals surface area contributed by atoms with E-state index in [4.69, 9.17) is 0 Å². The molecule has 1 N–H and O–H groups in total. The third-order valence-electron chi connectivity index (χ3n) is 4.96. The van der Waals surface area contributed by atoms with Gasteiger partial charge in [0, 0.05) is 52.0 Å². The van der Waals surface area contributed by atoms with E-state index in [1.54, 1.807) is 10.5 Å². The average Bonchev–Trinajstić information content (AvgIpc) is 3.23. The molecule has 2 aliphatic rings. The third-order valence-corrected chi connectivity index (χ3v) is 6.81. The van der Waals surface area contributed by atoms with Crippen LogP contribution in [0.15, 0.2) is 29.4 Å². The molecule has 2 fully saturated rings. The van der Waals surface area contributed by atoms with Crippen LogP contribution in [-0.4, -0.2) is 86.7 Å². The lowest BCUT2D eigenvalue weighted by molar-refractivity contribution is 0.384. The Kier molecular flexibility index (Phi) is 6.89. The number of hydrogen-bond acceptors (Lipinski definition) is 5. The predicted molar refractivity (Wildman–Crippen MR) is 109 cm³/mol. The lowest BCUT2D eigenvalue weighted by Gasteiger charge is -2.34. The number of rotatable bonds is 6.